The molecular formula is C18H24NO4+. The fraction of sp³-hybridized carbons (Fsp3) is 0.333. The van der Waals surface area contributed by atoms with E-state index >= 15 is 0 Å². The highest BCUT2D eigenvalue weighted by molar-refractivity contribution is 5.50. The summed E-state index contributed by atoms with van der Waals surface area (Å²) in [6.07, 6.45) is -0.498. The maximum absolute atomic E-state index is 10.2. The molecule has 0 heterocycles. The Hall–Kier alpha value is -2.24. The molecule has 0 aromatic heterocycles. The van der Waals surface area contributed by atoms with Crippen LogP contribution < -0.4 is 19.5 Å². The van der Waals surface area contributed by atoms with Crippen LogP contribution in [0.1, 0.15) is 17.2 Å². The zero-order valence-electron chi connectivity index (χ0n) is 13.8. The van der Waals surface area contributed by atoms with E-state index in [1.54, 1.807) is 21.3 Å². The Morgan fingerprint density at radius 1 is 0.913 bits per heavy atom. The molecule has 5 heteroatoms. The van der Waals surface area contributed by atoms with Gasteiger partial charge >= 0.3 is 0 Å². The van der Waals surface area contributed by atoms with Crippen molar-refractivity contribution in [1.29, 1.82) is 0 Å². The number of benzene rings is 2. The molecule has 2 rings (SSSR count). The molecule has 2 aromatic carbocycles. The van der Waals surface area contributed by atoms with Crippen LogP contribution in [0.15, 0.2) is 42.5 Å². The summed E-state index contributed by atoms with van der Waals surface area (Å²) in [6.45, 7) is 1.24. The van der Waals surface area contributed by atoms with E-state index in [0.717, 1.165) is 16.9 Å². The summed E-state index contributed by atoms with van der Waals surface area (Å²) >= 11 is 0. The maximum Gasteiger partial charge on any atom is 0.164 e. The number of rotatable bonds is 8. The molecule has 1 atom stereocenters. The molecule has 0 aliphatic rings. The zero-order valence-corrected chi connectivity index (χ0v) is 13.8. The van der Waals surface area contributed by atoms with Crippen molar-refractivity contribution >= 4 is 0 Å². The van der Waals surface area contributed by atoms with Crippen LogP contribution in [0.2, 0.25) is 0 Å². The first-order chi connectivity index (χ1) is 11.2. The Bertz CT molecular complexity index is 616. The van der Waals surface area contributed by atoms with Crippen LogP contribution >= 0.6 is 0 Å². The minimum absolute atomic E-state index is 0.498. The van der Waals surface area contributed by atoms with Crippen LogP contribution in [0.4, 0.5) is 0 Å². The molecule has 3 N–H and O–H groups in total. The molecule has 0 bridgehead atoms. The number of hydrogen-bond donors (Lipinski definition) is 2. The van der Waals surface area contributed by atoms with Gasteiger partial charge in [-0.15, -0.1) is 0 Å². The number of hydrogen-bond acceptors (Lipinski definition) is 4. The normalized spacial score (nSPS) is 11.8. The Morgan fingerprint density at radius 2 is 1.52 bits per heavy atom. The summed E-state index contributed by atoms with van der Waals surface area (Å²) in [4.78, 5) is 0. The third-order valence-corrected chi connectivity index (χ3v) is 3.73. The van der Waals surface area contributed by atoms with Gasteiger partial charge in [0.1, 0.15) is 24.9 Å². The first kappa shape index (κ1) is 17.1. The number of nitrogens with two attached hydrogens (primary N) is 1. The molecule has 0 amide bonds. The molecule has 0 aliphatic heterocycles. The van der Waals surface area contributed by atoms with E-state index in [1.165, 1.54) is 0 Å². The fourth-order valence-electron chi connectivity index (χ4n) is 2.46. The minimum atomic E-state index is -0.498. The molecular weight excluding hydrogens is 294 g/mol. The number of quaternary nitrogens is 1. The smallest absolute Gasteiger partial charge is 0.164 e. The average molecular weight is 318 g/mol. The predicted octanol–water partition coefficient (Wildman–Crippen LogP) is 1.51. The standard InChI is InChI=1S/C18H23NO4/c1-21-16-10-18(23-3)17(22-2)9-14(16)11-19-12-15(20)13-7-5-4-6-8-13/h4-10,15,19-20H,11-12H2,1-3H3/p+1/t15-/m1/s1. The number of aliphatic hydroxyl groups is 1. The van der Waals surface area contributed by atoms with Crippen LogP contribution in [0.25, 0.3) is 0 Å². The van der Waals surface area contributed by atoms with Crippen molar-refractivity contribution in [1.82, 2.24) is 0 Å². The predicted molar refractivity (Wildman–Crippen MR) is 88.0 cm³/mol. The van der Waals surface area contributed by atoms with Gasteiger partial charge in [-0.25, -0.2) is 0 Å². The molecule has 0 aliphatic carbocycles. The second-order valence-corrected chi connectivity index (χ2v) is 5.17. The summed E-state index contributed by atoms with van der Waals surface area (Å²) in [5, 5.41) is 12.2. The largest absolute Gasteiger partial charge is 0.496 e. The van der Waals surface area contributed by atoms with Gasteiger partial charge in [0.05, 0.1) is 26.9 Å². The SMILES string of the molecule is COc1cc(OC)c(OC)cc1C[NH2+]C[C@@H](O)c1ccccc1. The second-order valence-electron chi connectivity index (χ2n) is 5.17. The lowest BCUT2D eigenvalue weighted by atomic mass is 10.1. The Morgan fingerprint density at radius 3 is 2.13 bits per heavy atom. The van der Waals surface area contributed by atoms with Crippen LogP contribution in [-0.4, -0.2) is 33.0 Å². The van der Waals surface area contributed by atoms with E-state index < -0.39 is 6.10 Å². The molecule has 23 heavy (non-hydrogen) atoms. The van der Waals surface area contributed by atoms with Gasteiger partial charge in [0.25, 0.3) is 0 Å². The molecule has 124 valence electrons. The van der Waals surface area contributed by atoms with Crippen molar-refractivity contribution in [3.05, 3.63) is 53.6 Å². The van der Waals surface area contributed by atoms with Gasteiger partial charge < -0.3 is 24.6 Å². The third kappa shape index (κ3) is 4.37. The lowest BCUT2D eigenvalue weighted by molar-refractivity contribution is -0.677. The number of ether oxygens (including phenoxy) is 3. The van der Waals surface area contributed by atoms with E-state index in [2.05, 4.69) is 0 Å². The molecule has 5 nitrogen and oxygen atoms in total. The summed E-state index contributed by atoms with van der Waals surface area (Å²) in [5.41, 5.74) is 1.91. The fourth-order valence-corrected chi connectivity index (χ4v) is 2.46. The summed E-state index contributed by atoms with van der Waals surface area (Å²) in [5.74, 6) is 2.05. The highest BCUT2D eigenvalue weighted by Gasteiger charge is 2.14. The molecule has 2 aromatic rings. The summed E-state index contributed by atoms with van der Waals surface area (Å²) in [6, 6.07) is 13.4. The first-order valence-corrected chi connectivity index (χ1v) is 7.53. The van der Waals surface area contributed by atoms with Crippen molar-refractivity contribution < 1.29 is 24.6 Å². The van der Waals surface area contributed by atoms with E-state index in [9.17, 15) is 5.11 Å². The first-order valence-electron chi connectivity index (χ1n) is 7.53. The maximum atomic E-state index is 10.2. The van der Waals surface area contributed by atoms with Crippen molar-refractivity contribution in [2.24, 2.45) is 0 Å². The van der Waals surface area contributed by atoms with Gasteiger partial charge in [0, 0.05) is 6.07 Å². The lowest BCUT2D eigenvalue weighted by Crippen LogP contribution is -2.83. The summed E-state index contributed by atoms with van der Waals surface area (Å²) < 4.78 is 16.0. The van der Waals surface area contributed by atoms with Gasteiger partial charge in [-0.05, 0) is 11.6 Å². The van der Waals surface area contributed by atoms with Crippen LogP contribution in [0, 0.1) is 0 Å². The molecule has 0 unspecified atom stereocenters. The third-order valence-electron chi connectivity index (χ3n) is 3.73. The number of aliphatic hydroxyl groups excluding tert-OH is 1. The van der Waals surface area contributed by atoms with E-state index in [0.29, 0.717) is 24.6 Å². The second kappa shape index (κ2) is 8.41. The van der Waals surface area contributed by atoms with Crippen molar-refractivity contribution in [2.75, 3.05) is 27.9 Å². The molecule has 0 spiro atoms. The average Bonchev–Trinajstić information content (AvgIpc) is 2.61. The monoisotopic (exact) mass is 318 g/mol. The highest BCUT2D eigenvalue weighted by atomic mass is 16.5. The van der Waals surface area contributed by atoms with Crippen molar-refractivity contribution in [3.8, 4) is 17.2 Å². The lowest BCUT2D eigenvalue weighted by Gasteiger charge is -2.14. The highest BCUT2D eigenvalue weighted by Crippen LogP contribution is 2.34. The zero-order chi connectivity index (χ0) is 16.7. The van der Waals surface area contributed by atoms with Crippen molar-refractivity contribution in [3.63, 3.8) is 0 Å². The minimum Gasteiger partial charge on any atom is -0.496 e. The van der Waals surface area contributed by atoms with Gasteiger partial charge in [0.15, 0.2) is 11.5 Å². The van der Waals surface area contributed by atoms with Gasteiger partial charge in [-0.2, -0.15) is 0 Å². The Kier molecular flexibility index (Phi) is 6.26. The Labute approximate surface area is 136 Å². The Balaban J connectivity index is 2.02. The van der Waals surface area contributed by atoms with E-state index in [1.807, 2.05) is 47.8 Å². The molecule has 0 saturated carbocycles. The molecule has 0 radical (unpaired) electrons. The quantitative estimate of drug-likeness (QED) is 0.774. The van der Waals surface area contributed by atoms with Gasteiger partial charge in [0.2, 0.25) is 0 Å². The van der Waals surface area contributed by atoms with Crippen LogP contribution in [0.3, 0.4) is 0 Å². The molecule has 0 saturated heterocycles. The van der Waals surface area contributed by atoms with Crippen LogP contribution in [-0.2, 0) is 6.54 Å². The topological polar surface area (TPSA) is 64.5 Å². The van der Waals surface area contributed by atoms with Gasteiger partial charge in [-0.3, -0.25) is 0 Å². The van der Waals surface area contributed by atoms with Crippen molar-refractivity contribution in [2.45, 2.75) is 12.6 Å². The van der Waals surface area contributed by atoms with E-state index in [-0.39, 0.29) is 0 Å². The number of methoxy groups -OCH3 is 3. The van der Waals surface area contributed by atoms with E-state index in [4.69, 9.17) is 14.2 Å². The summed E-state index contributed by atoms with van der Waals surface area (Å²) in [7, 11) is 4.83. The van der Waals surface area contributed by atoms with Crippen LogP contribution in [0.5, 0.6) is 17.2 Å². The van der Waals surface area contributed by atoms with Gasteiger partial charge in [-0.1, -0.05) is 30.3 Å². The molecule has 0 fully saturated rings.